The standard InChI is InChI=1S/C32H33N3O2/c1-21-18-35(25-16-14-24(15-17-25)34-19-31(2,3)30(37)32(4,5)20-34)29(36)27-9-7-8-26(28(21)27)22-10-12-23(33-6)13-11-22/h7-18,30,37H,19-20H2,1-5H3. The number of rotatable bonds is 3. The maximum Gasteiger partial charge on any atom is 0.262 e. The highest BCUT2D eigenvalue weighted by Crippen LogP contribution is 2.41. The monoisotopic (exact) mass is 491 g/mol. The molecule has 5 rings (SSSR count). The Kier molecular flexibility index (Phi) is 5.96. The molecular formula is C32H33N3O2. The molecule has 1 aliphatic rings. The summed E-state index contributed by atoms with van der Waals surface area (Å²) in [4.78, 5) is 19.5. The second-order valence-electron chi connectivity index (χ2n) is 11.6. The number of pyridine rings is 1. The van der Waals surface area contributed by atoms with Crippen LogP contribution in [0, 0.1) is 24.3 Å². The quantitative estimate of drug-likeness (QED) is 0.323. The average Bonchev–Trinajstić information content (AvgIpc) is 2.89. The Hall–Kier alpha value is -3.88. The van der Waals surface area contributed by atoms with Crippen molar-refractivity contribution in [2.75, 3.05) is 18.0 Å². The first-order chi connectivity index (χ1) is 17.5. The minimum atomic E-state index is -0.370. The number of fused-ring (bicyclic) bond motifs is 1. The Morgan fingerprint density at radius 1 is 0.892 bits per heavy atom. The number of piperidine rings is 1. The van der Waals surface area contributed by atoms with Gasteiger partial charge >= 0.3 is 0 Å². The van der Waals surface area contributed by atoms with Crippen LogP contribution in [-0.4, -0.2) is 28.9 Å². The number of hydrogen-bond donors (Lipinski definition) is 1. The third kappa shape index (κ3) is 4.32. The van der Waals surface area contributed by atoms with Crippen molar-refractivity contribution in [3.63, 3.8) is 0 Å². The minimum Gasteiger partial charge on any atom is -0.392 e. The van der Waals surface area contributed by atoms with Crippen molar-refractivity contribution in [3.05, 3.63) is 100 Å². The molecule has 1 saturated heterocycles. The fourth-order valence-corrected chi connectivity index (χ4v) is 6.03. The maximum absolute atomic E-state index is 13.6. The normalized spacial score (nSPS) is 17.1. The van der Waals surface area contributed by atoms with Crippen LogP contribution in [0.5, 0.6) is 0 Å². The highest BCUT2D eigenvalue weighted by Gasteiger charge is 2.46. The van der Waals surface area contributed by atoms with Crippen LogP contribution in [-0.2, 0) is 0 Å². The lowest BCUT2D eigenvalue weighted by Gasteiger charge is -2.51. The fourth-order valence-electron chi connectivity index (χ4n) is 6.03. The molecular weight excluding hydrogens is 458 g/mol. The van der Waals surface area contributed by atoms with E-state index in [4.69, 9.17) is 6.57 Å². The molecule has 1 aromatic heterocycles. The second kappa shape index (κ2) is 8.90. The van der Waals surface area contributed by atoms with Crippen LogP contribution in [0.1, 0.15) is 33.3 Å². The predicted molar refractivity (Wildman–Crippen MR) is 152 cm³/mol. The Morgan fingerprint density at radius 2 is 1.49 bits per heavy atom. The zero-order valence-electron chi connectivity index (χ0n) is 22.1. The van der Waals surface area contributed by atoms with E-state index in [0.29, 0.717) is 11.1 Å². The topological polar surface area (TPSA) is 49.8 Å². The van der Waals surface area contributed by atoms with Crippen molar-refractivity contribution in [2.45, 2.75) is 40.7 Å². The van der Waals surface area contributed by atoms with Crippen LogP contribution in [0.3, 0.4) is 0 Å². The molecule has 5 heteroatoms. The molecule has 0 bridgehead atoms. The van der Waals surface area contributed by atoms with Gasteiger partial charge in [-0.05, 0) is 59.3 Å². The first-order valence-corrected chi connectivity index (χ1v) is 12.7. The third-order valence-corrected chi connectivity index (χ3v) is 7.71. The summed E-state index contributed by atoms with van der Waals surface area (Å²) < 4.78 is 1.72. The molecule has 1 aliphatic heterocycles. The predicted octanol–water partition coefficient (Wildman–Crippen LogP) is 6.75. The van der Waals surface area contributed by atoms with Crippen molar-refractivity contribution in [2.24, 2.45) is 10.8 Å². The van der Waals surface area contributed by atoms with Crippen LogP contribution in [0.25, 0.3) is 32.4 Å². The number of anilines is 1. The molecule has 1 N–H and O–H groups in total. The SMILES string of the molecule is [C-]#[N+]c1ccc(-c2cccc3c(=O)n(-c4ccc(N5CC(C)(C)C(O)C(C)(C)C5)cc4)cc(C)c23)cc1. The van der Waals surface area contributed by atoms with Crippen LogP contribution in [0.15, 0.2) is 77.7 Å². The molecule has 5 nitrogen and oxygen atoms in total. The van der Waals surface area contributed by atoms with E-state index in [1.165, 1.54) is 0 Å². The van der Waals surface area contributed by atoms with Gasteiger partial charge in [0.25, 0.3) is 5.56 Å². The molecule has 0 unspecified atom stereocenters. The van der Waals surface area contributed by atoms with Crippen LogP contribution in [0.4, 0.5) is 11.4 Å². The van der Waals surface area contributed by atoms with E-state index in [2.05, 4.69) is 49.6 Å². The van der Waals surface area contributed by atoms with Crippen molar-refractivity contribution in [1.82, 2.24) is 4.57 Å². The Labute approximate surface area is 218 Å². The highest BCUT2D eigenvalue weighted by atomic mass is 16.3. The summed E-state index contributed by atoms with van der Waals surface area (Å²) in [7, 11) is 0. The summed E-state index contributed by atoms with van der Waals surface area (Å²) in [6, 6.07) is 21.5. The van der Waals surface area contributed by atoms with E-state index >= 15 is 0 Å². The molecule has 0 radical (unpaired) electrons. The van der Waals surface area contributed by atoms with Gasteiger partial charge in [-0.1, -0.05) is 64.1 Å². The first-order valence-electron chi connectivity index (χ1n) is 12.7. The lowest BCUT2D eigenvalue weighted by molar-refractivity contribution is -0.0531. The molecule has 37 heavy (non-hydrogen) atoms. The molecule has 188 valence electrons. The molecule has 4 aromatic rings. The molecule has 0 amide bonds. The molecule has 1 fully saturated rings. The van der Waals surface area contributed by atoms with Crippen molar-refractivity contribution in [1.29, 1.82) is 0 Å². The highest BCUT2D eigenvalue weighted by molar-refractivity contribution is 5.98. The molecule has 0 spiro atoms. The summed E-state index contributed by atoms with van der Waals surface area (Å²) >= 11 is 0. The smallest absolute Gasteiger partial charge is 0.262 e. The molecule has 3 aromatic carbocycles. The van der Waals surface area contributed by atoms with Crippen molar-refractivity contribution in [3.8, 4) is 16.8 Å². The van der Waals surface area contributed by atoms with Crippen molar-refractivity contribution < 1.29 is 5.11 Å². The van der Waals surface area contributed by atoms with E-state index in [9.17, 15) is 9.90 Å². The number of aromatic nitrogens is 1. The zero-order chi connectivity index (χ0) is 26.5. The average molecular weight is 492 g/mol. The summed E-state index contributed by atoms with van der Waals surface area (Å²) in [6.07, 6.45) is 1.55. The van der Waals surface area contributed by atoms with Gasteiger partial charge in [0.15, 0.2) is 5.69 Å². The van der Waals surface area contributed by atoms with Crippen LogP contribution < -0.4 is 10.5 Å². The lowest BCUT2D eigenvalue weighted by atomic mass is 9.68. The zero-order valence-corrected chi connectivity index (χ0v) is 22.1. The van der Waals surface area contributed by atoms with Gasteiger partial charge in [-0.2, -0.15) is 0 Å². The molecule has 2 heterocycles. The summed E-state index contributed by atoms with van der Waals surface area (Å²) in [5.74, 6) is 0. The van der Waals surface area contributed by atoms with Gasteiger partial charge in [-0.3, -0.25) is 9.36 Å². The largest absolute Gasteiger partial charge is 0.392 e. The molecule has 0 saturated carbocycles. The first kappa shape index (κ1) is 24.8. The summed E-state index contributed by atoms with van der Waals surface area (Å²) in [5, 5.41) is 12.4. The Morgan fingerprint density at radius 3 is 2.08 bits per heavy atom. The fraction of sp³-hybridized carbons (Fsp3) is 0.312. The third-order valence-electron chi connectivity index (χ3n) is 7.71. The molecule has 0 aliphatic carbocycles. The van der Waals surface area contributed by atoms with Gasteiger partial charge in [0.2, 0.25) is 0 Å². The van der Waals surface area contributed by atoms with Crippen LogP contribution >= 0.6 is 0 Å². The molecule has 0 atom stereocenters. The number of benzene rings is 3. The van der Waals surface area contributed by atoms with E-state index in [-0.39, 0.29) is 22.5 Å². The van der Waals surface area contributed by atoms with E-state index in [1.807, 2.05) is 67.7 Å². The van der Waals surface area contributed by atoms with Crippen LogP contribution in [0.2, 0.25) is 0 Å². The van der Waals surface area contributed by atoms with Crippen molar-refractivity contribution >= 4 is 22.1 Å². The number of aliphatic hydroxyl groups excluding tert-OH is 1. The summed E-state index contributed by atoms with van der Waals surface area (Å²) in [5.41, 5.74) is 4.99. The van der Waals surface area contributed by atoms with Gasteiger partial charge in [-0.25, -0.2) is 4.85 Å². The Bertz CT molecular complexity index is 1550. The van der Waals surface area contributed by atoms with E-state index in [0.717, 1.165) is 46.5 Å². The number of aryl methyl sites for hydroxylation is 1. The maximum atomic E-state index is 13.6. The summed E-state index contributed by atoms with van der Waals surface area (Å²) in [6.45, 7) is 19.2. The lowest BCUT2D eigenvalue weighted by Crippen LogP contribution is -2.58. The van der Waals surface area contributed by atoms with E-state index < -0.39 is 0 Å². The second-order valence-corrected chi connectivity index (χ2v) is 11.6. The van der Waals surface area contributed by atoms with Gasteiger partial charge in [0.1, 0.15) is 0 Å². The number of aliphatic hydroxyl groups is 1. The van der Waals surface area contributed by atoms with Gasteiger partial charge in [-0.15, -0.1) is 0 Å². The van der Waals surface area contributed by atoms with E-state index in [1.54, 1.807) is 4.57 Å². The minimum absolute atomic E-state index is 0.0589. The van der Waals surface area contributed by atoms with Gasteiger partial charge in [0.05, 0.1) is 12.7 Å². The van der Waals surface area contributed by atoms with Gasteiger partial charge in [0, 0.05) is 46.9 Å². The van der Waals surface area contributed by atoms with Gasteiger partial charge < -0.3 is 10.0 Å². The number of hydrogen-bond acceptors (Lipinski definition) is 3. The Balaban J connectivity index is 1.53. The number of nitrogens with zero attached hydrogens (tertiary/aromatic N) is 3.